The van der Waals surface area contributed by atoms with Crippen molar-refractivity contribution in [2.24, 2.45) is 0 Å². The van der Waals surface area contributed by atoms with E-state index in [4.69, 9.17) is 9.47 Å². The van der Waals surface area contributed by atoms with Gasteiger partial charge in [0.1, 0.15) is 17.1 Å². The highest BCUT2D eigenvalue weighted by molar-refractivity contribution is 7.11. The fraction of sp³-hybridized carbons (Fsp3) is 0.375. The summed E-state index contributed by atoms with van der Waals surface area (Å²) < 4.78 is 10.5. The molecule has 1 amide bonds. The minimum absolute atomic E-state index is 0.209. The van der Waals surface area contributed by atoms with Gasteiger partial charge in [0.25, 0.3) is 5.91 Å². The van der Waals surface area contributed by atoms with Gasteiger partial charge in [-0.1, -0.05) is 6.07 Å². The molecule has 0 atom stereocenters. The largest absolute Gasteiger partial charge is 0.496 e. The number of hydrogen-bond donors (Lipinski definition) is 1. The number of rotatable bonds is 6. The summed E-state index contributed by atoms with van der Waals surface area (Å²) in [7, 11) is 3.07. The number of methoxy groups -OCH3 is 2. The normalized spacial score (nSPS) is 10.4. The maximum Gasteiger partial charge on any atom is 0.258 e. The monoisotopic (exact) mass is 320 g/mol. The quantitative estimate of drug-likeness (QED) is 0.889. The van der Waals surface area contributed by atoms with Crippen molar-refractivity contribution in [2.75, 3.05) is 20.8 Å². The molecule has 1 aromatic heterocycles. The fourth-order valence-corrected chi connectivity index (χ4v) is 3.03. The molecule has 1 aromatic carbocycles. The first-order valence-electron chi connectivity index (χ1n) is 6.99. The topological polar surface area (TPSA) is 60.5 Å². The molecule has 2 aromatic rings. The minimum Gasteiger partial charge on any atom is -0.496 e. The van der Waals surface area contributed by atoms with Crippen LogP contribution in [0.15, 0.2) is 18.2 Å². The van der Waals surface area contributed by atoms with Crippen LogP contribution in [0.4, 0.5) is 0 Å². The molecule has 118 valence electrons. The molecule has 0 bridgehead atoms. The Balaban J connectivity index is 2.03. The maximum absolute atomic E-state index is 12.4. The molecule has 0 unspecified atom stereocenters. The van der Waals surface area contributed by atoms with Gasteiger partial charge in [-0.3, -0.25) is 4.79 Å². The average Bonchev–Trinajstić information content (AvgIpc) is 2.84. The molecule has 0 spiro atoms. The molecule has 0 aliphatic heterocycles. The Morgan fingerprint density at radius 3 is 2.36 bits per heavy atom. The minimum atomic E-state index is -0.209. The summed E-state index contributed by atoms with van der Waals surface area (Å²) in [5.41, 5.74) is 1.47. The Labute approximate surface area is 134 Å². The van der Waals surface area contributed by atoms with Gasteiger partial charge < -0.3 is 14.8 Å². The lowest BCUT2D eigenvalue weighted by Crippen LogP contribution is -2.26. The zero-order chi connectivity index (χ0) is 16.1. The predicted octanol–water partition coefficient (Wildman–Crippen LogP) is 2.75. The average molecular weight is 320 g/mol. The first-order valence-corrected chi connectivity index (χ1v) is 7.80. The van der Waals surface area contributed by atoms with Crippen molar-refractivity contribution >= 4 is 17.2 Å². The molecule has 0 saturated heterocycles. The van der Waals surface area contributed by atoms with E-state index in [9.17, 15) is 4.79 Å². The van der Waals surface area contributed by atoms with Crippen LogP contribution in [0.2, 0.25) is 0 Å². The van der Waals surface area contributed by atoms with Crippen LogP contribution < -0.4 is 14.8 Å². The second kappa shape index (κ2) is 7.26. The molecule has 22 heavy (non-hydrogen) atoms. The van der Waals surface area contributed by atoms with E-state index in [0.717, 1.165) is 10.7 Å². The molecule has 0 saturated carbocycles. The Morgan fingerprint density at radius 2 is 1.86 bits per heavy atom. The van der Waals surface area contributed by atoms with Crippen molar-refractivity contribution in [1.82, 2.24) is 10.3 Å². The van der Waals surface area contributed by atoms with E-state index in [0.29, 0.717) is 30.0 Å². The van der Waals surface area contributed by atoms with Crippen LogP contribution in [0.25, 0.3) is 0 Å². The lowest BCUT2D eigenvalue weighted by molar-refractivity contribution is 0.0948. The summed E-state index contributed by atoms with van der Waals surface area (Å²) in [5.74, 6) is 0.787. The molecule has 5 nitrogen and oxygen atoms in total. The van der Waals surface area contributed by atoms with Gasteiger partial charge in [-0.15, -0.1) is 11.3 Å². The van der Waals surface area contributed by atoms with E-state index < -0.39 is 0 Å². The van der Waals surface area contributed by atoms with Gasteiger partial charge in [-0.25, -0.2) is 4.98 Å². The molecular formula is C16H20N2O3S. The predicted molar refractivity (Wildman–Crippen MR) is 87.2 cm³/mol. The van der Waals surface area contributed by atoms with E-state index in [1.165, 1.54) is 19.1 Å². The third kappa shape index (κ3) is 3.57. The molecule has 1 N–H and O–H groups in total. The van der Waals surface area contributed by atoms with Gasteiger partial charge in [0.05, 0.1) is 24.9 Å². The van der Waals surface area contributed by atoms with Gasteiger partial charge in [-0.05, 0) is 26.0 Å². The molecular weight excluding hydrogens is 300 g/mol. The summed E-state index contributed by atoms with van der Waals surface area (Å²) in [5, 5.41) is 3.92. The van der Waals surface area contributed by atoms with Gasteiger partial charge >= 0.3 is 0 Å². The molecule has 0 fully saturated rings. The van der Waals surface area contributed by atoms with Crippen LogP contribution in [0.3, 0.4) is 0 Å². The second-order valence-electron chi connectivity index (χ2n) is 4.79. The zero-order valence-corrected chi connectivity index (χ0v) is 14.0. The van der Waals surface area contributed by atoms with Crippen molar-refractivity contribution in [3.63, 3.8) is 0 Å². The zero-order valence-electron chi connectivity index (χ0n) is 13.2. The highest BCUT2D eigenvalue weighted by Gasteiger charge is 2.17. The van der Waals surface area contributed by atoms with Crippen LogP contribution in [-0.4, -0.2) is 31.7 Å². The van der Waals surface area contributed by atoms with E-state index in [2.05, 4.69) is 17.2 Å². The third-order valence-corrected chi connectivity index (χ3v) is 4.48. The van der Waals surface area contributed by atoms with Crippen LogP contribution in [-0.2, 0) is 6.42 Å². The molecule has 0 aliphatic rings. The van der Waals surface area contributed by atoms with Gasteiger partial charge in [0.2, 0.25) is 0 Å². The van der Waals surface area contributed by atoms with Crippen LogP contribution >= 0.6 is 11.3 Å². The first kappa shape index (κ1) is 16.3. The maximum atomic E-state index is 12.4. The van der Waals surface area contributed by atoms with E-state index in [-0.39, 0.29) is 5.91 Å². The number of aromatic nitrogens is 1. The molecule has 6 heteroatoms. The highest BCUT2D eigenvalue weighted by atomic mass is 32.1. The second-order valence-corrected chi connectivity index (χ2v) is 6.08. The summed E-state index contributed by atoms with van der Waals surface area (Å²) in [6.07, 6.45) is 0.711. The Hall–Kier alpha value is -2.08. The summed E-state index contributed by atoms with van der Waals surface area (Å²) in [6, 6.07) is 5.27. The van der Waals surface area contributed by atoms with E-state index in [1.807, 2.05) is 6.92 Å². The number of aryl methyl sites for hydroxylation is 2. The SMILES string of the molecule is COc1cccc(OC)c1C(=O)NCCc1nc(C)c(C)s1. The Kier molecular flexibility index (Phi) is 5.38. The Morgan fingerprint density at radius 1 is 1.23 bits per heavy atom. The van der Waals surface area contributed by atoms with Crippen molar-refractivity contribution in [1.29, 1.82) is 0 Å². The standard InChI is InChI=1S/C16H20N2O3S/c1-10-11(2)22-14(18-10)8-9-17-16(19)15-12(20-3)6-5-7-13(15)21-4/h5-7H,8-9H2,1-4H3,(H,17,19). The van der Waals surface area contributed by atoms with E-state index in [1.54, 1.807) is 29.5 Å². The third-order valence-electron chi connectivity index (χ3n) is 3.35. The summed E-state index contributed by atoms with van der Waals surface area (Å²) in [6.45, 7) is 4.56. The number of nitrogens with one attached hydrogen (secondary N) is 1. The first-order chi connectivity index (χ1) is 10.6. The number of benzene rings is 1. The van der Waals surface area contributed by atoms with Crippen LogP contribution in [0.1, 0.15) is 25.9 Å². The number of nitrogens with zero attached hydrogens (tertiary/aromatic N) is 1. The fourth-order valence-electron chi connectivity index (χ4n) is 2.09. The molecule has 0 aliphatic carbocycles. The van der Waals surface area contributed by atoms with Crippen molar-refractivity contribution in [3.8, 4) is 11.5 Å². The van der Waals surface area contributed by atoms with E-state index >= 15 is 0 Å². The van der Waals surface area contributed by atoms with Gasteiger partial charge in [-0.2, -0.15) is 0 Å². The molecule has 0 radical (unpaired) electrons. The summed E-state index contributed by atoms with van der Waals surface area (Å²) >= 11 is 1.67. The van der Waals surface area contributed by atoms with Crippen molar-refractivity contribution < 1.29 is 14.3 Å². The number of amides is 1. The number of ether oxygens (including phenoxy) is 2. The number of thiazole rings is 1. The van der Waals surface area contributed by atoms with Gasteiger partial charge in [0.15, 0.2) is 0 Å². The summed E-state index contributed by atoms with van der Waals surface area (Å²) in [4.78, 5) is 18.1. The number of carbonyl (C=O) groups is 1. The Bertz CT molecular complexity index is 626. The smallest absolute Gasteiger partial charge is 0.258 e. The van der Waals surface area contributed by atoms with Gasteiger partial charge in [0, 0.05) is 17.8 Å². The molecule has 1 heterocycles. The number of hydrogen-bond acceptors (Lipinski definition) is 5. The van der Waals surface area contributed by atoms with Crippen molar-refractivity contribution in [3.05, 3.63) is 39.3 Å². The lowest BCUT2D eigenvalue weighted by atomic mass is 10.1. The number of carbonyl (C=O) groups excluding carboxylic acids is 1. The van der Waals surface area contributed by atoms with Crippen LogP contribution in [0.5, 0.6) is 11.5 Å². The van der Waals surface area contributed by atoms with Crippen molar-refractivity contribution in [2.45, 2.75) is 20.3 Å². The lowest BCUT2D eigenvalue weighted by Gasteiger charge is -2.12. The molecule has 2 rings (SSSR count). The highest BCUT2D eigenvalue weighted by Crippen LogP contribution is 2.27. The van der Waals surface area contributed by atoms with Crippen LogP contribution in [0, 0.1) is 13.8 Å².